The number of carbonyl (C=O) groups is 1. The van der Waals surface area contributed by atoms with Crippen molar-refractivity contribution in [3.63, 3.8) is 0 Å². The van der Waals surface area contributed by atoms with Crippen LogP contribution in [-0.4, -0.2) is 24.6 Å². The maximum atomic E-state index is 11.0. The van der Waals surface area contributed by atoms with E-state index in [4.69, 9.17) is 6.42 Å². The van der Waals surface area contributed by atoms with Crippen molar-refractivity contribution in [3.05, 3.63) is 11.1 Å². The van der Waals surface area contributed by atoms with Gasteiger partial charge in [0.1, 0.15) is 0 Å². The number of unbranched alkanes of at least 4 members (excludes halogenated alkanes) is 1. The lowest BCUT2D eigenvalue weighted by atomic mass is 10.2. The number of terminal acetylenes is 1. The largest absolute Gasteiger partial charge is 0.469 e. The lowest BCUT2D eigenvalue weighted by Crippen LogP contribution is -2.03. The molecule has 0 bridgehead atoms. The Morgan fingerprint density at radius 2 is 2.53 bits per heavy atom. The average Bonchev–Trinajstić information content (AvgIpc) is 2.79. The number of nitrogens with zero attached hydrogens (tertiary/aromatic N) is 1. The summed E-state index contributed by atoms with van der Waals surface area (Å²) in [4.78, 5) is 15.3. The number of rotatable bonds is 7. The van der Waals surface area contributed by atoms with E-state index in [0.29, 0.717) is 12.8 Å². The zero-order valence-electron chi connectivity index (χ0n) is 9.86. The molecule has 0 aliphatic rings. The molecule has 1 N–H and O–H groups in total. The summed E-state index contributed by atoms with van der Waals surface area (Å²) in [6.07, 6.45) is 7.86. The van der Waals surface area contributed by atoms with E-state index in [9.17, 15) is 4.79 Å². The van der Waals surface area contributed by atoms with E-state index in [1.54, 1.807) is 11.3 Å². The van der Waals surface area contributed by atoms with Gasteiger partial charge in [0.2, 0.25) is 0 Å². The Balaban J connectivity index is 2.28. The van der Waals surface area contributed by atoms with Crippen molar-refractivity contribution < 1.29 is 9.53 Å². The summed E-state index contributed by atoms with van der Waals surface area (Å²) < 4.78 is 4.57. The molecule has 0 radical (unpaired) electrons. The molecule has 4 nitrogen and oxygen atoms in total. The van der Waals surface area contributed by atoms with E-state index in [2.05, 4.69) is 21.0 Å². The maximum Gasteiger partial charge on any atom is 0.305 e. The minimum Gasteiger partial charge on any atom is -0.469 e. The van der Waals surface area contributed by atoms with Crippen molar-refractivity contribution in [1.82, 2.24) is 4.98 Å². The van der Waals surface area contributed by atoms with Gasteiger partial charge < -0.3 is 10.1 Å². The molecule has 1 heterocycles. The van der Waals surface area contributed by atoms with E-state index in [1.165, 1.54) is 7.11 Å². The SMILES string of the molecule is C#CCCCNc1nc(CCC(=O)OC)cs1. The number of nitrogens with one attached hydrogen (secondary N) is 1. The second kappa shape index (κ2) is 7.69. The molecule has 0 spiro atoms. The van der Waals surface area contributed by atoms with Gasteiger partial charge in [-0.05, 0) is 6.42 Å². The van der Waals surface area contributed by atoms with Gasteiger partial charge in [0.15, 0.2) is 5.13 Å². The van der Waals surface area contributed by atoms with Crippen LogP contribution in [0.15, 0.2) is 5.38 Å². The van der Waals surface area contributed by atoms with Gasteiger partial charge in [-0.25, -0.2) is 4.98 Å². The Labute approximate surface area is 105 Å². The number of carbonyl (C=O) groups excluding carboxylic acids is 1. The quantitative estimate of drug-likeness (QED) is 0.458. The van der Waals surface area contributed by atoms with Crippen LogP contribution in [0.3, 0.4) is 0 Å². The summed E-state index contributed by atoms with van der Waals surface area (Å²) in [7, 11) is 1.39. The fourth-order valence-electron chi connectivity index (χ4n) is 1.22. The molecule has 0 aromatic carbocycles. The number of aryl methyl sites for hydroxylation is 1. The summed E-state index contributed by atoms with van der Waals surface area (Å²) in [6, 6.07) is 0. The molecule has 0 atom stereocenters. The standard InChI is InChI=1S/C12H16N2O2S/c1-3-4-5-8-13-12-14-10(9-17-12)6-7-11(15)16-2/h1,9H,4-8H2,2H3,(H,13,14). The van der Waals surface area contributed by atoms with E-state index >= 15 is 0 Å². The van der Waals surface area contributed by atoms with Gasteiger partial charge in [-0.2, -0.15) is 0 Å². The zero-order chi connectivity index (χ0) is 12.5. The molecule has 0 saturated carbocycles. The first-order chi connectivity index (χ1) is 8.26. The first-order valence-corrected chi connectivity index (χ1v) is 6.32. The highest BCUT2D eigenvalue weighted by atomic mass is 32.1. The molecular weight excluding hydrogens is 236 g/mol. The average molecular weight is 252 g/mol. The van der Waals surface area contributed by atoms with Crippen LogP contribution in [0.25, 0.3) is 0 Å². The third-order valence-electron chi connectivity index (χ3n) is 2.14. The Hall–Kier alpha value is -1.54. The van der Waals surface area contributed by atoms with Gasteiger partial charge in [0.05, 0.1) is 19.2 Å². The molecule has 17 heavy (non-hydrogen) atoms. The number of anilines is 1. The molecule has 0 fully saturated rings. The maximum absolute atomic E-state index is 11.0. The molecule has 1 aromatic rings. The highest BCUT2D eigenvalue weighted by molar-refractivity contribution is 7.13. The van der Waals surface area contributed by atoms with Crippen LogP contribution < -0.4 is 5.32 Å². The van der Waals surface area contributed by atoms with Gasteiger partial charge in [0, 0.05) is 24.8 Å². The number of hydrogen-bond acceptors (Lipinski definition) is 5. The van der Waals surface area contributed by atoms with Crippen molar-refractivity contribution in [1.29, 1.82) is 0 Å². The number of hydrogen-bond donors (Lipinski definition) is 1. The minimum atomic E-state index is -0.207. The van der Waals surface area contributed by atoms with Gasteiger partial charge in [-0.1, -0.05) is 0 Å². The monoisotopic (exact) mass is 252 g/mol. The van der Waals surface area contributed by atoms with Crippen LogP contribution in [-0.2, 0) is 16.0 Å². The van der Waals surface area contributed by atoms with E-state index in [1.807, 2.05) is 5.38 Å². The Bertz CT molecular complexity index is 395. The van der Waals surface area contributed by atoms with E-state index in [-0.39, 0.29) is 5.97 Å². The van der Waals surface area contributed by atoms with Crippen LogP contribution in [0, 0.1) is 12.3 Å². The molecule has 0 aliphatic heterocycles. The second-order valence-corrected chi connectivity index (χ2v) is 4.31. The molecule has 1 aromatic heterocycles. The molecule has 0 unspecified atom stereocenters. The van der Waals surface area contributed by atoms with Crippen LogP contribution in [0.2, 0.25) is 0 Å². The summed E-state index contributed by atoms with van der Waals surface area (Å²) in [5.74, 6) is 2.38. The predicted octanol–water partition coefficient (Wildman–Crippen LogP) is 2.07. The second-order valence-electron chi connectivity index (χ2n) is 3.45. The predicted molar refractivity (Wildman–Crippen MR) is 69.0 cm³/mol. The van der Waals surface area contributed by atoms with Crippen LogP contribution >= 0.6 is 11.3 Å². The normalized spacial score (nSPS) is 9.65. The molecule has 1 rings (SSSR count). The third-order valence-corrected chi connectivity index (χ3v) is 2.99. The number of methoxy groups -OCH3 is 1. The van der Waals surface area contributed by atoms with E-state index in [0.717, 1.165) is 30.2 Å². The van der Waals surface area contributed by atoms with Crippen LogP contribution in [0.4, 0.5) is 5.13 Å². The first kappa shape index (κ1) is 13.5. The summed E-state index contributed by atoms with van der Waals surface area (Å²) in [6.45, 7) is 0.828. The van der Waals surface area contributed by atoms with Crippen molar-refractivity contribution in [2.45, 2.75) is 25.7 Å². The first-order valence-electron chi connectivity index (χ1n) is 5.45. The van der Waals surface area contributed by atoms with Crippen LogP contribution in [0.5, 0.6) is 0 Å². The number of ether oxygens (including phenoxy) is 1. The van der Waals surface area contributed by atoms with Crippen molar-refractivity contribution in [3.8, 4) is 12.3 Å². The molecule has 5 heteroatoms. The molecular formula is C12H16N2O2S. The Morgan fingerprint density at radius 1 is 1.71 bits per heavy atom. The van der Waals surface area contributed by atoms with Crippen molar-refractivity contribution >= 4 is 22.4 Å². The fraction of sp³-hybridized carbons (Fsp3) is 0.500. The lowest BCUT2D eigenvalue weighted by molar-refractivity contribution is -0.140. The van der Waals surface area contributed by atoms with Crippen molar-refractivity contribution in [2.75, 3.05) is 19.0 Å². The fourth-order valence-corrected chi connectivity index (χ4v) is 1.99. The topological polar surface area (TPSA) is 51.2 Å². The van der Waals surface area contributed by atoms with Crippen LogP contribution in [0.1, 0.15) is 25.0 Å². The highest BCUT2D eigenvalue weighted by Crippen LogP contribution is 2.16. The van der Waals surface area contributed by atoms with Crippen molar-refractivity contribution in [2.24, 2.45) is 0 Å². The molecule has 0 aliphatic carbocycles. The van der Waals surface area contributed by atoms with E-state index < -0.39 is 0 Å². The smallest absolute Gasteiger partial charge is 0.305 e. The molecule has 92 valence electrons. The number of esters is 1. The Kier molecular flexibility index (Phi) is 6.12. The highest BCUT2D eigenvalue weighted by Gasteiger charge is 2.05. The number of aromatic nitrogens is 1. The summed E-state index contributed by atoms with van der Waals surface area (Å²) >= 11 is 1.54. The zero-order valence-corrected chi connectivity index (χ0v) is 10.7. The minimum absolute atomic E-state index is 0.207. The van der Waals surface area contributed by atoms with Gasteiger partial charge in [0.25, 0.3) is 0 Å². The van der Waals surface area contributed by atoms with Gasteiger partial charge in [-0.15, -0.1) is 23.7 Å². The summed E-state index contributed by atoms with van der Waals surface area (Å²) in [5, 5.41) is 6.02. The molecule has 0 amide bonds. The Morgan fingerprint density at radius 3 is 3.24 bits per heavy atom. The van der Waals surface area contributed by atoms with Gasteiger partial charge in [-0.3, -0.25) is 4.79 Å². The number of thiazole rings is 1. The lowest BCUT2D eigenvalue weighted by Gasteiger charge is -1.99. The summed E-state index contributed by atoms with van der Waals surface area (Å²) in [5.41, 5.74) is 0.917. The third kappa shape index (κ3) is 5.36. The van der Waals surface area contributed by atoms with Gasteiger partial charge >= 0.3 is 5.97 Å². The molecule has 0 saturated heterocycles.